The van der Waals surface area contributed by atoms with Gasteiger partial charge in [-0.2, -0.15) is 4.98 Å². The Hall–Kier alpha value is -4.14. The van der Waals surface area contributed by atoms with Crippen LogP contribution in [0.1, 0.15) is 10.4 Å². The van der Waals surface area contributed by atoms with Gasteiger partial charge in [0.1, 0.15) is 23.4 Å². The minimum absolute atomic E-state index is 0.0590. The molecule has 9 heteroatoms. The zero-order chi connectivity index (χ0) is 21.2. The SMILES string of the molecule is O=C(c1ccccc1F)N1CC(Oc2ccccc2-c2nc(-c3cnccn3)no2)C1. The highest BCUT2D eigenvalue weighted by atomic mass is 19.1. The molecule has 0 aliphatic carbocycles. The highest BCUT2D eigenvalue weighted by Gasteiger charge is 2.34. The molecule has 0 unspecified atom stereocenters. The van der Waals surface area contributed by atoms with Gasteiger partial charge in [-0.15, -0.1) is 0 Å². The zero-order valence-electron chi connectivity index (χ0n) is 16.2. The van der Waals surface area contributed by atoms with Crippen molar-refractivity contribution >= 4 is 5.91 Å². The lowest BCUT2D eigenvalue weighted by atomic mass is 10.1. The van der Waals surface area contributed by atoms with E-state index in [4.69, 9.17) is 9.26 Å². The standard InChI is InChI=1S/C22H16FN5O3/c23-17-7-3-1-5-15(17)22(29)28-12-14(13-28)30-19-8-4-2-6-16(19)21-26-20(27-31-21)18-11-24-9-10-25-18/h1-11,14H,12-13H2. The van der Waals surface area contributed by atoms with Gasteiger partial charge in [0.15, 0.2) is 0 Å². The van der Waals surface area contributed by atoms with Crippen molar-refractivity contribution < 1.29 is 18.4 Å². The van der Waals surface area contributed by atoms with Crippen LogP contribution >= 0.6 is 0 Å². The molecule has 1 aliphatic rings. The third-order valence-corrected chi connectivity index (χ3v) is 4.87. The normalized spacial score (nSPS) is 13.6. The number of hydrogen-bond donors (Lipinski definition) is 0. The molecule has 1 amide bonds. The lowest BCUT2D eigenvalue weighted by Crippen LogP contribution is -2.56. The summed E-state index contributed by atoms with van der Waals surface area (Å²) in [6.45, 7) is 0.715. The van der Waals surface area contributed by atoms with Gasteiger partial charge in [-0.3, -0.25) is 9.78 Å². The van der Waals surface area contributed by atoms with Gasteiger partial charge in [0.05, 0.1) is 30.4 Å². The van der Waals surface area contributed by atoms with Crippen LogP contribution in [0.5, 0.6) is 5.75 Å². The number of hydrogen-bond acceptors (Lipinski definition) is 7. The van der Waals surface area contributed by atoms with Crippen molar-refractivity contribution in [1.82, 2.24) is 25.0 Å². The van der Waals surface area contributed by atoms with Gasteiger partial charge in [-0.05, 0) is 24.3 Å². The Morgan fingerprint density at radius 2 is 1.90 bits per heavy atom. The van der Waals surface area contributed by atoms with Gasteiger partial charge in [-0.1, -0.05) is 29.4 Å². The quantitative estimate of drug-likeness (QED) is 0.492. The van der Waals surface area contributed by atoms with E-state index >= 15 is 0 Å². The predicted octanol–water partition coefficient (Wildman–Crippen LogP) is 3.24. The van der Waals surface area contributed by atoms with Crippen LogP contribution in [0.15, 0.2) is 71.6 Å². The maximum atomic E-state index is 13.9. The topological polar surface area (TPSA) is 94.2 Å². The Morgan fingerprint density at radius 3 is 2.71 bits per heavy atom. The maximum Gasteiger partial charge on any atom is 0.262 e. The monoisotopic (exact) mass is 417 g/mol. The van der Waals surface area contributed by atoms with Crippen molar-refractivity contribution in [2.24, 2.45) is 0 Å². The average Bonchev–Trinajstić information content (AvgIpc) is 3.27. The largest absolute Gasteiger partial charge is 0.486 e. The molecule has 0 bridgehead atoms. The number of nitrogens with zero attached hydrogens (tertiary/aromatic N) is 5. The van der Waals surface area contributed by atoms with Gasteiger partial charge >= 0.3 is 0 Å². The highest BCUT2D eigenvalue weighted by molar-refractivity contribution is 5.95. The fraction of sp³-hybridized carbons (Fsp3) is 0.136. The number of amides is 1. The van der Waals surface area contributed by atoms with Crippen LogP contribution in [0.2, 0.25) is 0 Å². The third kappa shape index (κ3) is 3.73. The lowest BCUT2D eigenvalue weighted by molar-refractivity contribution is 0.0176. The van der Waals surface area contributed by atoms with Crippen LogP contribution < -0.4 is 4.74 Å². The smallest absolute Gasteiger partial charge is 0.262 e. The van der Waals surface area contributed by atoms with E-state index in [-0.39, 0.29) is 23.5 Å². The van der Waals surface area contributed by atoms with E-state index in [0.717, 1.165) is 0 Å². The summed E-state index contributed by atoms with van der Waals surface area (Å²) >= 11 is 0. The Kier molecular flexibility index (Phi) is 4.83. The van der Waals surface area contributed by atoms with E-state index in [1.54, 1.807) is 41.7 Å². The number of likely N-dealkylation sites (tertiary alicyclic amines) is 1. The summed E-state index contributed by atoms with van der Waals surface area (Å²) in [5.74, 6) is 0.284. The molecule has 2 aromatic carbocycles. The molecule has 5 rings (SSSR count). The van der Waals surface area contributed by atoms with Crippen molar-refractivity contribution in [3.8, 4) is 28.7 Å². The highest BCUT2D eigenvalue weighted by Crippen LogP contribution is 2.32. The van der Waals surface area contributed by atoms with Gasteiger partial charge in [-0.25, -0.2) is 9.37 Å². The van der Waals surface area contributed by atoms with Crippen LogP contribution in [0.3, 0.4) is 0 Å². The number of carbonyl (C=O) groups is 1. The number of para-hydroxylation sites is 1. The second kappa shape index (κ2) is 7.94. The van der Waals surface area contributed by atoms with Gasteiger partial charge in [0.2, 0.25) is 5.82 Å². The number of carbonyl (C=O) groups excluding carboxylic acids is 1. The van der Waals surface area contributed by atoms with Crippen molar-refractivity contribution in [2.75, 3.05) is 13.1 Å². The van der Waals surface area contributed by atoms with Crippen LogP contribution in [-0.2, 0) is 0 Å². The van der Waals surface area contributed by atoms with Crippen LogP contribution in [0.4, 0.5) is 4.39 Å². The molecule has 31 heavy (non-hydrogen) atoms. The summed E-state index contributed by atoms with van der Waals surface area (Å²) in [6.07, 6.45) is 4.44. The van der Waals surface area contributed by atoms with E-state index in [1.807, 2.05) is 18.2 Å². The molecule has 0 saturated carbocycles. The Labute approximate surface area is 176 Å². The fourth-order valence-corrected chi connectivity index (χ4v) is 3.26. The summed E-state index contributed by atoms with van der Waals surface area (Å²) in [5.41, 5.74) is 1.19. The van der Waals surface area contributed by atoms with E-state index in [2.05, 4.69) is 20.1 Å². The molecule has 3 heterocycles. The predicted molar refractivity (Wildman–Crippen MR) is 107 cm³/mol. The Balaban J connectivity index is 1.29. The molecule has 4 aromatic rings. The van der Waals surface area contributed by atoms with Crippen molar-refractivity contribution in [3.05, 3.63) is 78.5 Å². The van der Waals surface area contributed by atoms with Crippen LogP contribution in [-0.4, -0.2) is 50.1 Å². The molecule has 0 N–H and O–H groups in total. The number of aromatic nitrogens is 4. The first-order valence-electron chi connectivity index (χ1n) is 9.59. The molecule has 8 nitrogen and oxygen atoms in total. The van der Waals surface area contributed by atoms with E-state index in [1.165, 1.54) is 12.1 Å². The lowest BCUT2D eigenvalue weighted by Gasteiger charge is -2.39. The number of benzene rings is 2. The van der Waals surface area contributed by atoms with E-state index < -0.39 is 5.82 Å². The summed E-state index contributed by atoms with van der Waals surface area (Å²) < 4.78 is 25.3. The Morgan fingerprint density at radius 1 is 1.10 bits per heavy atom. The van der Waals surface area contributed by atoms with Gasteiger partial charge in [0.25, 0.3) is 11.8 Å². The first-order valence-corrected chi connectivity index (χ1v) is 9.59. The second-order valence-electron chi connectivity index (χ2n) is 6.94. The summed E-state index contributed by atoms with van der Waals surface area (Å²) in [6, 6.07) is 13.2. The summed E-state index contributed by atoms with van der Waals surface area (Å²) in [5, 5.41) is 3.96. The molecule has 1 fully saturated rings. The van der Waals surface area contributed by atoms with Crippen molar-refractivity contribution in [1.29, 1.82) is 0 Å². The first-order chi connectivity index (χ1) is 15.2. The van der Waals surface area contributed by atoms with Gasteiger partial charge in [0, 0.05) is 12.4 Å². The van der Waals surface area contributed by atoms with Crippen LogP contribution in [0, 0.1) is 5.82 Å². The van der Waals surface area contributed by atoms with E-state index in [9.17, 15) is 9.18 Å². The number of ether oxygens (including phenoxy) is 1. The maximum absolute atomic E-state index is 13.9. The molecule has 0 spiro atoms. The molecule has 1 saturated heterocycles. The summed E-state index contributed by atoms with van der Waals surface area (Å²) in [4.78, 5) is 26.6. The minimum atomic E-state index is -0.530. The molecule has 0 radical (unpaired) electrons. The van der Waals surface area contributed by atoms with Gasteiger partial charge < -0.3 is 14.2 Å². The molecular weight excluding hydrogens is 401 g/mol. The molecule has 2 aromatic heterocycles. The number of halogens is 1. The van der Waals surface area contributed by atoms with Crippen LogP contribution in [0.25, 0.3) is 23.0 Å². The first kappa shape index (κ1) is 18.9. The molecule has 154 valence electrons. The molecule has 0 atom stereocenters. The molecule has 1 aliphatic heterocycles. The Bertz CT molecular complexity index is 1220. The average molecular weight is 417 g/mol. The zero-order valence-corrected chi connectivity index (χ0v) is 16.2. The third-order valence-electron chi connectivity index (χ3n) is 4.87. The summed E-state index contributed by atoms with van der Waals surface area (Å²) in [7, 11) is 0. The minimum Gasteiger partial charge on any atom is -0.486 e. The van der Waals surface area contributed by atoms with Crippen molar-refractivity contribution in [2.45, 2.75) is 6.10 Å². The fourth-order valence-electron chi connectivity index (χ4n) is 3.26. The second-order valence-corrected chi connectivity index (χ2v) is 6.94. The van der Waals surface area contributed by atoms with Crippen molar-refractivity contribution in [3.63, 3.8) is 0 Å². The van der Waals surface area contributed by atoms with E-state index in [0.29, 0.717) is 35.9 Å². The molecular formula is C22H16FN5O3. The number of rotatable bonds is 5.